The van der Waals surface area contributed by atoms with Gasteiger partial charge in [0.05, 0.1) is 6.10 Å². The zero-order chi connectivity index (χ0) is 21.9. The molecular formula is C27H46O3. The Morgan fingerprint density at radius 2 is 1.70 bits per heavy atom. The van der Waals surface area contributed by atoms with Crippen LogP contribution in [-0.2, 0) is 0 Å². The van der Waals surface area contributed by atoms with Gasteiger partial charge in [0.15, 0.2) is 0 Å². The minimum Gasteiger partial charge on any atom is -0.393 e. The van der Waals surface area contributed by atoms with E-state index in [4.69, 9.17) is 0 Å². The van der Waals surface area contributed by atoms with Crippen molar-refractivity contribution in [2.75, 3.05) is 0 Å². The lowest BCUT2D eigenvalue weighted by atomic mass is 9.45. The van der Waals surface area contributed by atoms with Gasteiger partial charge >= 0.3 is 0 Å². The fourth-order valence-corrected chi connectivity index (χ4v) is 8.57. The Labute approximate surface area is 184 Å². The smallest absolute Gasteiger partial charge is 0.102 e. The van der Waals surface area contributed by atoms with Crippen molar-refractivity contribution in [1.29, 1.82) is 0 Å². The second kappa shape index (κ2) is 7.89. The Morgan fingerprint density at radius 3 is 2.40 bits per heavy atom. The summed E-state index contributed by atoms with van der Waals surface area (Å²) in [5, 5.41) is 32.9. The van der Waals surface area contributed by atoms with Crippen LogP contribution in [-0.4, -0.2) is 33.1 Å². The van der Waals surface area contributed by atoms with E-state index < -0.39 is 17.8 Å². The lowest BCUT2D eigenvalue weighted by Gasteiger charge is -2.62. The van der Waals surface area contributed by atoms with Crippen molar-refractivity contribution in [3.63, 3.8) is 0 Å². The van der Waals surface area contributed by atoms with Crippen LogP contribution in [0.15, 0.2) is 11.6 Å². The van der Waals surface area contributed by atoms with Gasteiger partial charge in [-0.2, -0.15) is 0 Å². The molecule has 0 saturated heterocycles. The SMILES string of the molecule is CC(C)CCC[C@@H](C)[C@H]1CCC2C3=C[C@@H](O)[C@@]4(O)C[C@@H](O)CC[C@]4(C)C3CC[C@@]21C. The largest absolute Gasteiger partial charge is 0.393 e. The predicted molar refractivity (Wildman–Crippen MR) is 122 cm³/mol. The van der Waals surface area contributed by atoms with Crippen molar-refractivity contribution < 1.29 is 15.3 Å². The van der Waals surface area contributed by atoms with Gasteiger partial charge in [-0.05, 0) is 73.5 Å². The summed E-state index contributed by atoms with van der Waals surface area (Å²) in [7, 11) is 0. The van der Waals surface area contributed by atoms with Gasteiger partial charge in [-0.3, -0.25) is 0 Å². The van der Waals surface area contributed by atoms with Crippen molar-refractivity contribution in [3.8, 4) is 0 Å². The third-order valence-electron chi connectivity index (χ3n) is 10.5. The van der Waals surface area contributed by atoms with Crippen LogP contribution in [0.2, 0.25) is 0 Å². The Morgan fingerprint density at radius 1 is 0.967 bits per heavy atom. The minimum atomic E-state index is -1.19. The van der Waals surface area contributed by atoms with E-state index in [2.05, 4.69) is 34.6 Å². The molecule has 3 N–H and O–H groups in total. The molecule has 0 aromatic carbocycles. The molecule has 3 heteroatoms. The number of hydrogen-bond donors (Lipinski definition) is 3. The average molecular weight is 419 g/mol. The normalized spacial score (nSPS) is 49.2. The van der Waals surface area contributed by atoms with Crippen LogP contribution in [0.1, 0.15) is 98.8 Å². The molecule has 4 aliphatic carbocycles. The van der Waals surface area contributed by atoms with Crippen molar-refractivity contribution in [2.24, 2.45) is 40.4 Å². The van der Waals surface area contributed by atoms with Gasteiger partial charge in [0.1, 0.15) is 11.7 Å². The molecule has 2 unspecified atom stereocenters. The molecule has 4 aliphatic rings. The Bertz CT molecular complexity index is 671. The monoisotopic (exact) mass is 418 g/mol. The molecule has 0 aliphatic heterocycles. The topological polar surface area (TPSA) is 60.7 Å². The summed E-state index contributed by atoms with van der Waals surface area (Å²) in [5.74, 6) is 3.24. The minimum absolute atomic E-state index is 0.308. The van der Waals surface area contributed by atoms with E-state index in [0.29, 0.717) is 23.7 Å². The number of fused-ring (bicyclic) bond motifs is 5. The second-order valence-electron chi connectivity index (χ2n) is 12.5. The predicted octanol–water partition coefficient (Wildman–Crippen LogP) is 5.47. The summed E-state index contributed by atoms with van der Waals surface area (Å²) in [5.41, 5.74) is 0.281. The number of aliphatic hydroxyl groups is 3. The van der Waals surface area contributed by atoms with Gasteiger partial charge in [0, 0.05) is 11.8 Å². The van der Waals surface area contributed by atoms with Gasteiger partial charge in [0.25, 0.3) is 0 Å². The van der Waals surface area contributed by atoms with E-state index in [1.807, 2.05) is 6.08 Å². The van der Waals surface area contributed by atoms with Crippen molar-refractivity contribution in [1.82, 2.24) is 0 Å². The first-order valence-corrected chi connectivity index (χ1v) is 12.8. The molecule has 0 bridgehead atoms. The zero-order valence-corrected chi connectivity index (χ0v) is 20.0. The molecule has 9 atom stereocenters. The molecular weight excluding hydrogens is 372 g/mol. The fraction of sp³-hybridized carbons (Fsp3) is 0.926. The number of rotatable bonds is 5. The first kappa shape index (κ1) is 22.8. The highest BCUT2D eigenvalue weighted by Gasteiger charge is 2.64. The van der Waals surface area contributed by atoms with Crippen LogP contribution < -0.4 is 0 Å². The molecule has 0 aromatic heterocycles. The highest BCUT2D eigenvalue weighted by atomic mass is 16.3. The molecule has 3 fully saturated rings. The Kier molecular flexibility index (Phi) is 5.99. The molecule has 30 heavy (non-hydrogen) atoms. The Balaban J connectivity index is 1.58. The molecule has 0 radical (unpaired) electrons. The molecule has 0 heterocycles. The maximum absolute atomic E-state index is 11.6. The van der Waals surface area contributed by atoms with Gasteiger partial charge in [-0.1, -0.05) is 65.5 Å². The fourth-order valence-electron chi connectivity index (χ4n) is 8.57. The van der Waals surface area contributed by atoms with Gasteiger partial charge in [-0.25, -0.2) is 0 Å². The molecule has 0 spiro atoms. The van der Waals surface area contributed by atoms with E-state index in [9.17, 15) is 15.3 Å². The lowest BCUT2D eigenvalue weighted by Crippen LogP contribution is -2.65. The van der Waals surface area contributed by atoms with E-state index in [1.165, 1.54) is 44.1 Å². The first-order chi connectivity index (χ1) is 14.0. The number of aliphatic hydroxyl groups excluding tert-OH is 2. The molecule has 0 aromatic rings. The van der Waals surface area contributed by atoms with Gasteiger partial charge < -0.3 is 15.3 Å². The van der Waals surface area contributed by atoms with Crippen LogP contribution in [0.3, 0.4) is 0 Å². The Hall–Kier alpha value is -0.380. The van der Waals surface area contributed by atoms with Crippen LogP contribution in [0.25, 0.3) is 0 Å². The lowest BCUT2D eigenvalue weighted by molar-refractivity contribution is -0.210. The van der Waals surface area contributed by atoms with Crippen molar-refractivity contribution in [3.05, 3.63) is 11.6 Å². The quantitative estimate of drug-likeness (QED) is 0.519. The second-order valence-corrected chi connectivity index (χ2v) is 12.5. The molecule has 3 saturated carbocycles. The van der Waals surface area contributed by atoms with Crippen LogP contribution in [0.4, 0.5) is 0 Å². The zero-order valence-electron chi connectivity index (χ0n) is 20.0. The number of hydrogen-bond acceptors (Lipinski definition) is 3. The maximum atomic E-state index is 11.6. The molecule has 4 rings (SSSR count). The van der Waals surface area contributed by atoms with Crippen molar-refractivity contribution in [2.45, 2.75) is 117 Å². The van der Waals surface area contributed by atoms with Crippen LogP contribution >= 0.6 is 0 Å². The molecule has 172 valence electrons. The summed E-state index contributed by atoms with van der Waals surface area (Å²) >= 11 is 0. The van der Waals surface area contributed by atoms with E-state index in [0.717, 1.165) is 37.0 Å². The summed E-state index contributed by atoms with van der Waals surface area (Å²) in [4.78, 5) is 0. The highest BCUT2D eigenvalue weighted by molar-refractivity contribution is 5.33. The van der Waals surface area contributed by atoms with E-state index >= 15 is 0 Å². The van der Waals surface area contributed by atoms with Crippen molar-refractivity contribution >= 4 is 0 Å². The first-order valence-electron chi connectivity index (χ1n) is 12.8. The summed E-state index contributed by atoms with van der Waals surface area (Å²) in [6.07, 6.45) is 11.5. The summed E-state index contributed by atoms with van der Waals surface area (Å²) in [6, 6.07) is 0. The summed E-state index contributed by atoms with van der Waals surface area (Å²) < 4.78 is 0. The van der Waals surface area contributed by atoms with Gasteiger partial charge in [-0.15, -0.1) is 0 Å². The maximum Gasteiger partial charge on any atom is 0.102 e. The molecule has 3 nitrogen and oxygen atoms in total. The summed E-state index contributed by atoms with van der Waals surface area (Å²) in [6.45, 7) is 11.9. The van der Waals surface area contributed by atoms with Gasteiger partial charge in [0.2, 0.25) is 0 Å². The highest BCUT2D eigenvalue weighted by Crippen LogP contribution is 2.67. The number of allylic oxidation sites excluding steroid dienone is 1. The molecule has 0 amide bonds. The van der Waals surface area contributed by atoms with E-state index in [-0.39, 0.29) is 5.41 Å². The third kappa shape index (κ3) is 3.33. The third-order valence-corrected chi connectivity index (χ3v) is 10.5. The van der Waals surface area contributed by atoms with Crippen LogP contribution in [0.5, 0.6) is 0 Å². The standard InChI is InChI=1S/C27H46O3/c1-17(2)7-6-8-18(3)21-9-10-22-20-15-24(29)27(30)16-19(28)11-14-26(27,5)23(20)12-13-25(21,22)4/h15,17-19,21-24,28-30H,6-14,16H2,1-5H3/t18-,19+,21-,22?,23?,24-,25-,26-,27+/m1/s1. The van der Waals surface area contributed by atoms with Crippen LogP contribution in [0, 0.1) is 40.4 Å². The van der Waals surface area contributed by atoms with E-state index in [1.54, 1.807) is 0 Å². The average Bonchev–Trinajstić information content (AvgIpc) is 3.01.